The van der Waals surface area contributed by atoms with Gasteiger partial charge in [0, 0.05) is 49.9 Å². The van der Waals surface area contributed by atoms with Gasteiger partial charge in [-0.2, -0.15) is 0 Å². The molecule has 0 aliphatic rings. The van der Waals surface area contributed by atoms with E-state index >= 15 is 0 Å². The van der Waals surface area contributed by atoms with Gasteiger partial charge >= 0.3 is 0 Å². The lowest BCUT2D eigenvalue weighted by Gasteiger charge is -2.00. The van der Waals surface area contributed by atoms with Gasteiger partial charge in [0.2, 0.25) is 0 Å². The van der Waals surface area contributed by atoms with Crippen LogP contribution in [-0.2, 0) is 0 Å². The largest absolute Gasteiger partial charge is 0.329 e. The number of nitrogens with zero attached hydrogens (tertiary/aromatic N) is 3. The van der Waals surface area contributed by atoms with Crippen molar-refractivity contribution in [1.82, 2.24) is 10.6 Å². The molecule has 0 bridgehead atoms. The lowest BCUT2D eigenvalue weighted by molar-refractivity contribution is 0.696. The molecule has 0 fully saturated rings. The maximum Gasteiger partial charge on any atom is 0.0513 e. The number of hydrogen-bond donors (Lipinski definition) is 3. The fourth-order valence-corrected chi connectivity index (χ4v) is 1.43. The van der Waals surface area contributed by atoms with Crippen LogP contribution in [0.1, 0.15) is 41.5 Å². The van der Waals surface area contributed by atoms with E-state index in [0.29, 0.717) is 6.54 Å². The summed E-state index contributed by atoms with van der Waals surface area (Å²) in [6, 6.07) is 0. The molecule has 0 aliphatic carbocycles. The van der Waals surface area contributed by atoms with Crippen molar-refractivity contribution in [2.75, 3.05) is 52.4 Å². The second kappa shape index (κ2) is 18.9. The average Bonchev–Trinajstić information content (AvgIpc) is 2.46. The van der Waals surface area contributed by atoms with Crippen molar-refractivity contribution < 1.29 is 0 Å². The van der Waals surface area contributed by atoms with Crippen molar-refractivity contribution in [3.05, 3.63) is 0 Å². The molecule has 0 heterocycles. The minimum Gasteiger partial charge on any atom is -0.329 e. The molecule has 0 aromatic rings. The van der Waals surface area contributed by atoms with E-state index in [1.807, 2.05) is 41.5 Å². The molecular formula is C17H38N6. The summed E-state index contributed by atoms with van der Waals surface area (Å²) >= 11 is 0. The van der Waals surface area contributed by atoms with E-state index in [4.69, 9.17) is 5.73 Å². The van der Waals surface area contributed by atoms with E-state index in [1.54, 1.807) is 0 Å². The minimum atomic E-state index is 0.703. The molecule has 0 amide bonds. The number of hydrogen-bond acceptors (Lipinski definition) is 6. The summed E-state index contributed by atoms with van der Waals surface area (Å²) in [6.07, 6.45) is 0. The SMILES string of the molecule is CC(C)=NCCNCCN.CC(C)=NCCNCCN=C(C)C. The monoisotopic (exact) mass is 326 g/mol. The fourth-order valence-electron chi connectivity index (χ4n) is 1.43. The normalized spacial score (nSPS) is 9.52. The minimum absolute atomic E-state index is 0.703. The van der Waals surface area contributed by atoms with Crippen LogP contribution >= 0.6 is 0 Å². The van der Waals surface area contributed by atoms with Gasteiger partial charge in [-0.05, 0) is 41.5 Å². The predicted molar refractivity (Wildman–Crippen MR) is 106 cm³/mol. The van der Waals surface area contributed by atoms with Gasteiger partial charge in [-0.1, -0.05) is 0 Å². The maximum atomic E-state index is 5.27. The molecule has 23 heavy (non-hydrogen) atoms. The van der Waals surface area contributed by atoms with Crippen LogP contribution in [0.25, 0.3) is 0 Å². The molecule has 0 aromatic carbocycles. The van der Waals surface area contributed by atoms with Gasteiger partial charge in [-0.15, -0.1) is 0 Å². The Morgan fingerprint density at radius 1 is 0.609 bits per heavy atom. The van der Waals surface area contributed by atoms with Crippen LogP contribution in [0.5, 0.6) is 0 Å². The molecular weight excluding hydrogens is 288 g/mol. The van der Waals surface area contributed by atoms with Crippen molar-refractivity contribution in [3.8, 4) is 0 Å². The van der Waals surface area contributed by atoms with E-state index in [2.05, 4.69) is 25.6 Å². The van der Waals surface area contributed by atoms with Crippen LogP contribution in [0.2, 0.25) is 0 Å². The summed E-state index contributed by atoms with van der Waals surface area (Å²) in [5, 5.41) is 6.44. The number of rotatable bonds is 11. The zero-order chi connectivity index (χ0) is 17.9. The summed E-state index contributed by atoms with van der Waals surface area (Å²) in [6.45, 7) is 19.1. The van der Waals surface area contributed by atoms with Gasteiger partial charge in [0.05, 0.1) is 19.6 Å². The summed E-state index contributed by atoms with van der Waals surface area (Å²) in [7, 11) is 0. The first-order valence-corrected chi connectivity index (χ1v) is 8.44. The van der Waals surface area contributed by atoms with Crippen LogP contribution in [0.4, 0.5) is 0 Å². The molecule has 0 radical (unpaired) electrons. The molecule has 136 valence electrons. The zero-order valence-corrected chi connectivity index (χ0v) is 16.1. The maximum absolute atomic E-state index is 5.27. The Bertz CT molecular complexity index is 315. The first-order valence-electron chi connectivity index (χ1n) is 8.44. The van der Waals surface area contributed by atoms with Gasteiger partial charge in [0.25, 0.3) is 0 Å². The predicted octanol–water partition coefficient (Wildman–Crippen LogP) is 1.55. The van der Waals surface area contributed by atoms with Gasteiger partial charge in [0.1, 0.15) is 0 Å². The van der Waals surface area contributed by atoms with Crippen LogP contribution in [0.3, 0.4) is 0 Å². The second-order valence-electron chi connectivity index (χ2n) is 5.78. The highest BCUT2D eigenvalue weighted by Crippen LogP contribution is 1.76. The average molecular weight is 327 g/mol. The molecule has 0 atom stereocenters. The standard InChI is InChI=1S/C10H21N3.C7H17N3/c1-9(2)12-7-5-11-6-8-13-10(3)4;1-7(2)10-6-5-9-4-3-8/h11H,5-8H2,1-4H3;9H,3-6,8H2,1-2H3. The molecule has 0 aliphatic heterocycles. The Morgan fingerprint density at radius 2 is 0.913 bits per heavy atom. The van der Waals surface area contributed by atoms with Gasteiger partial charge in [-0.3, -0.25) is 15.0 Å². The lowest BCUT2D eigenvalue weighted by atomic mass is 10.5. The zero-order valence-electron chi connectivity index (χ0n) is 16.1. The van der Waals surface area contributed by atoms with E-state index in [9.17, 15) is 0 Å². The quantitative estimate of drug-likeness (QED) is 0.398. The molecule has 6 nitrogen and oxygen atoms in total. The first-order chi connectivity index (χ1) is 10.9. The molecule has 6 heteroatoms. The summed E-state index contributed by atoms with van der Waals surface area (Å²) in [5.41, 5.74) is 8.69. The summed E-state index contributed by atoms with van der Waals surface area (Å²) in [4.78, 5) is 12.8. The highest BCUT2D eigenvalue weighted by Gasteiger charge is 1.85. The van der Waals surface area contributed by atoms with E-state index in [-0.39, 0.29) is 0 Å². The van der Waals surface area contributed by atoms with E-state index in [1.165, 1.54) is 0 Å². The molecule has 0 aromatic heterocycles. The van der Waals surface area contributed by atoms with Crippen LogP contribution in [0, 0.1) is 0 Å². The molecule has 4 N–H and O–H groups in total. The molecule has 0 spiro atoms. The number of aliphatic imine (C=N–C) groups is 3. The first kappa shape index (κ1) is 24.1. The van der Waals surface area contributed by atoms with Crippen LogP contribution < -0.4 is 16.4 Å². The fraction of sp³-hybridized carbons (Fsp3) is 0.824. The van der Waals surface area contributed by atoms with E-state index < -0.39 is 0 Å². The Morgan fingerprint density at radius 3 is 1.17 bits per heavy atom. The Balaban J connectivity index is 0. The van der Waals surface area contributed by atoms with Crippen molar-refractivity contribution >= 4 is 17.1 Å². The van der Waals surface area contributed by atoms with Crippen LogP contribution in [0.15, 0.2) is 15.0 Å². The van der Waals surface area contributed by atoms with Gasteiger partial charge in [0.15, 0.2) is 0 Å². The summed E-state index contributed by atoms with van der Waals surface area (Å²) < 4.78 is 0. The Kier molecular flexibility index (Phi) is 19.9. The van der Waals surface area contributed by atoms with Crippen molar-refractivity contribution in [2.45, 2.75) is 41.5 Å². The van der Waals surface area contributed by atoms with Crippen molar-refractivity contribution in [3.63, 3.8) is 0 Å². The van der Waals surface area contributed by atoms with Gasteiger partial charge in [-0.25, -0.2) is 0 Å². The highest BCUT2D eigenvalue weighted by molar-refractivity contribution is 5.79. The topological polar surface area (TPSA) is 87.2 Å². The Labute approximate surface area is 143 Å². The lowest BCUT2D eigenvalue weighted by Crippen LogP contribution is -2.24. The van der Waals surface area contributed by atoms with E-state index in [0.717, 1.165) is 62.9 Å². The smallest absolute Gasteiger partial charge is 0.0513 e. The Hall–Kier alpha value is -1.11. The number of nitrogens with one attached hydrogen (secondary N) is 2. The molecule has 0 saturated carbocycles. The van der Waals surface area contributed by atoms with Crippen molar-refractivity contribution in [1.29, 1.82) is 0 Å². The second-order valence-corrected chi connectivity index (χ2v) is 5.78. The third-order valence-electron chi connectivity index (χ3n) is 2.47. The highest BCUT2D eigenvalue weighted by atomic mass is 14.9. The summed E-state index contributed by atoms with van der Waals surface area (Å²) in [5.74, 6) is 0. The third-order valence-corrected chi connectivity index (χ3v) is 2.47. The third kappa shape index (κ3) is 29.5. The van der Waals surface area contributed by atoms with Crippen molar-refractivity contribution in [2.24, 2.45) is 20.7 Å². The van der Waals surface area contributed by atoms with Crippen LogP contribution in [-0.4, -0.2) is 69.5 Å². The molecule has 0 saturated heterocycles. The molecule has 0 unspecified atom stereocenters. The molecule has 0 rings (SSSR count). The number of nitrogens with two attached hydrogens (primary N) is 1. The van der Waals surface area contributed by atoms with Gasteiger partial charge < -0.3 is 16.4 Å².